The number of aromatic nitrogens is 4. The van der Waals surface area contributed by atoms with Gasteiger partial charge in [-0.15, -0.1) is 0 Å². The minimum atomic E-state index is -3.44. The van der Waals surface area contributed by atoms with E-state index in [1.54, 1.807) is 12.4 Å². The summed E-state index contributed by atoms with van der Waals surface area (Å²) < 4.78 is 33.9. The largest absolute Gasteiger partial charge is 0.378 e. The molecule has 5 heterocycles. The Bertz CT molecular complexity index is 1090. The van der Waals surface area contributed by atoms with Crippen molar-refractivity contribution in [3.63, 3.8) is 0 Å². The summed E-state index contributed by atoms with van der Waals surface area (Å²) in [6.45, 7) is 4.37. The van der Waals surface area contributed by atoms with E-state index in [0.29, 0.717) is 45.3 Å². The van der Waals surface area contributed by atoms with Crippen LogP contribution in [0.1, 0.15) is 12.0 Å². The maximum absolute atomic E-state index is 12.3. The molecule has 0 radical (unpaired) electrons. The van der Waals surface area contributed by atoms with Crippen molar-refractivity contribution in [2.45, 2.75) is 18.9 Å². The third-order valence-electron chi connectivity index (χ3n) is 6.25. The summed E-state index contributed by atoms with van der Waals surface area (Å²) in [4.78, 5) is 22.5. The van der Waals surface area contributed by atoms with Crippen molar-refractivity contribution in [1.82, 2.24) is 29.0 Å². The highest BCUT2D eigenvalue weighted by molar-refractivity contribution is 7.87. The second-order valence-electron chi connectivity index (χ2n) is 8.06. The number of nitrogen functional groups attached to an aromatic ring is 1. The predicted molar refractivity (Wildman–Crippen MR) is 120 cm³/mol. The van der Waals surface area contributed by atoms with Crippen molar-refractivity contribution < 1.29 is 13.2 Å². The van der Waals surface area contributed by atoms with Crippen LogP contribution in [0.5, 0.6) is 0 Å². The standard InChI is InChI=1S/C19H27N9O3S/c1-21-32(29,30)27-4-2-14(12-27)28-5-3-15-16(13-10-22-18(20)23-11-13)24-19(25-17(15)28)26-6-8-31-9-7-26/h10-11,14,21H,2-9,12H2,1H3,(H2,20,22,23)/t14-/m0/s1. The molecule has 1 atom stereocenters. The molecule has 2 fully saturated rings. The van der Waals surface area contributed by atoms with Gasteiger partial charge in [0.05, 0.1) is 18.9 Å². The Labute approximate surface area is 187 Å². The van der Waals surface area contributed by atoms with Crippen LogP contribution in [0.15, 0.2) is 12.4 Å². The number of fused-ring (bicyclic) bond motifs is 1. The molecule has 3 aliphatic rings. The molecule has 2 aromatic rings. The van der Waals surface area contributed by atoms with Crippen LogP contribution in [0.3, 0.4) is 0 Å². The fourth-order valence-corrected chi connectivity index (χ4v) is 5.51. The van der Waals surface area contributed by atoms with E-state index in [1.165, 1.54) is 11.4 Å². The molecule has 0 saturated carbocycles. The Hall–Kier alpha value is -2.61. The Morgan fingerprint density at radius 2 is 1.88 bits per heavy atom. The van der Waals surface area contributed by atoms with E-state index in [9.17, 15) is 8.42 Å². The van der Waals surface area contributed by atoms with Crippen molar-refractivity contribution in [2.75, 3.05) is 68.5 Å². The van der Waals surface area contributed by atoms with Crippen LogP contribution in [0.25, 0.3) is 11.3 Å². The first-order valence-electron chi connectivity index (χ1n) is 10.7. The fourth-order valence-electron chi connectivity index (χ4n) is 4.54. The van der Waals surface area contributed by atoms with Crippen molar-refractivity contribution in [3.05, 3.63) is 18.0 Å². The number of hydrogen-bond acceptors (Lipinski definition) is 10. The Balaban J connectivity index is 1.52. The smallest absolute Gasteiger partial charge is 0.279 e. The first-order chi connectivity index (χ1) is 15.5. The summed E-state index contributed by atoms with van der Waals surface area (Å²) in [6, 6.07) is 0.0577. The monoisotopic (exact) mass is 461 g/mol. The molecule has 5 rings (SSSR count). The van der Waals surface area contributed by atoms with Crippen LogP contribution in [0.2, 0.25) is 0 Å². The van der Waals surface area contributed by atoms with Crippen LogP contribution in [-0.2, 0) is 21.4 Å². The second-order valence-corrected chi connectivity index (χ2v) is 9.93. The maximum Gasteiger partial charge on any atom is 0.279 e. The lowest BCUT2D eigenvalue weighted by molar-refractivity contribution is 0.122. The lowest BCUT2D eigenvalue weighted by Gasteiger charge is -2.30. The summed E-state index contributed by atoms with van der Waals surface area (Å²) in [5.41, 5.74) is 8.31. The number of nitrogens with two attached hydrogens (primary N) is 1. The van der Waals surface area contributed by atoms with E-state index in [0.717, 1.165) is 42.0 Å². The number of ether oxygens (including phenoxy) is 1. The molecule has 0 aliphatic carbocycles. The first kappa shape index (κ1) is 21.2. The van der Waals surface area contributed by atoms with E-state index in [-0.39, 0.29) is 12.0 Å². The predicted octanol–water partition coefficient (Wildman–Crippen LogP) is -0.747. The van der Waals surface area contributed by atoms with Gasteiger partial charge in [0.25, 0.3) is 10.2 Å². The van der Waals surface area contributed by atoms with Gasteiger partial charge in [0.1, 0.15) is 5.82 Å². The third-order valence-corrected chi connectivity index (χ3v) is 7.78. The van der Waals surface area contributed by atoms with Gasteiger partial charge in [0.15, 0.2) is 0 Å². The molecule has 0 amide bonds. The van der Waals surface area contributed by atoms with E-state index in [1.807, 2.05) is 0 Å². The fraction of sp³-hybridized carbons (Fsp3) is 0.579. The molecule has 0 aromatic carbocycles. The Morgan fingerprint density at radius 3 is 2.59 bits per heavy atom. The molecule has 172 valence electrons. The highest BCUT2D eigenvalue weighted by atomic mass is 32.2. The van der Waals surface area contributed by atoms with Crippen LogP contribution >= 0.6 is 0 Å². The molecule has 32 heavy (non-hydrogen) atoms. The van der Waals surface area contributed by atoms with Gasteiger partial charge in [0, 0.05) is 69.3 Å². The van der Waals surface area contributed by atoms with Gasteiger partial charge in [-0.2, -0.15) is 17.7 Å². The van der Waals surface area contributed by atoms with Gasteiger partial charge in [-0.1, -0.05) is 0 Å². The normalized spacial score (nSPS) is 21.8. The summed E-state index contributed by atoms with van der Waals surface area (Å²) >= 11 is 0. The number of rotatable bonds is 5. The minimum absolute atomic E-state index is 0.0577. The van der Waals surface area contributed by atoms with Crippen LogP contribution in [-0.4, -0.2) is 91.7 Å². The molecule has 12 nitrogen and oxygen atoms in total. The molecule has 2 aromatic heterocycles. The molecular formula is C19H27N9O3S. The summed E-state index contributed by atoms with van der Waals surface area (Å²) in [6.07, 6.45) is 4.90. The van der Waals surface area contributed by atoms with Crippen molar-refractivity contribution in [1.29, 1.82) is 0 Å². The molecule has 13 heteroatoms. The van der Waals surface area contributed by atoms with Crippen LogP contribution in [0, 0.1) is 0 Å². The zero-order valence-corrected chi connectivity index (χ0v) is 18.8. The van der Waals surface area contributed by atoms with Gasteiger partial charge in [-0.25, -0.2) is 19.7 Å². The van der Waals surface area contributed by atoms with Crippen LogP contribution < -0.4 is 20.3 Å². The minimum Gasteiger partial charge on any atom is -0.378 e. The number of morpholine rings is 1. The lowest BCUT2D eigenvalue weighted by Crippen LogP contribution is -2.41. The van der Waals surface area contributed by atoms with E-state index in [4.69, 9.17) is 20.4 Å². The summed E-state index contributed by atoms with van der Waals surface area (Å²) in [5.74, 6) is 1.72. The molecule has 0 unspecified atom stereocenters. The molecule has 2 saturated heterocycles. The van der Waals surface area contributed by atoms with Gasteiger partial charge < -0.3 is 20.3 Å². The molecule has 3 aliphatic heterocycles. The number of hydrogen-bond donors (Lipinski definition) is 2. The highest BCUT2D eigenvalue weighted by Crippen LogP contribution is 2.37. The number of anilines is 3. The van der Waals surface area contributed by atoms with Crippen molar-refractivity contribution in [3.8, 4) is 11.3 Å². The summed E-state index contributed by atoms with van der Waals surface area (Å²) in [7, 11) is -2.00. The molecule has 0 spiro atoms. The molecular weight excluding hydrogens is 434 g/mol. The average molecular weight is 462 g/mol. The van der Waals surface area contributed by atoms with Gasteiger partial charge in [0.2, 0.25) is 11.9 Å². The summed E-state index contributed by atoms with van der Waals surface area (Å²) in [5, 5.41) is 0. The molecule has 3 N–H and O–H groups in total. The zero-order valence-electron chi connectivity index (χ0n) is 17.9. The van der Waals surface area contributed by atoms with Gasteiger partial charge in [-0.05, 0) is 12.8 Å². The van der Waals surface area contributed by atoms with Gasteiger partial charge >= 0.3 is 0 Å². The molecule has 0 bridgehead atoms. The first-order valence-corrected chi connectivity index (χ1v) is 12.2. The lowest BCUT2D eigenvalue weighted by atomic mass is 10.1. The average Bonchev–Trinajstić information content (AvgIpc) is 3.47. The Kier molecular flexibility index (Phi) is 5.57. The second kappa shape index (κ2) is 8.39. The SMILES string of the molecule is CNS(=O)(=O)N1CC[C@H](N2CCc3c(-c4cnc(N)nc4)nc(N4CCOCC4)nc32)C1. The van der Waals surface area contributed by atoms with E-state index < -0.39 is 10.2 Å². The maximum atomic E-state index is 12.3. The van der Waals surface area contributed by atoms with Crippen molar-refractivity contribution >= 4 is 27.9 Å². The number of nitrogens with zero attached hydrogens (tertiary/aromatic N) is 7. The van der Waals surface area contributed by atoms with Crippen LogP contribution in [0.4, 0.5) is 17.7 Å². The van der Waals surface area contributed by atoms with E-state index >= 15 is 0 Å². The van der Waals surface area contributed by atoms with E-state index in [2.05, 4.69) is 24.5 Å². The number of nitrogens with one attached hydrogen (secondary N) is 1. The third kappa shape index (κ3) is 3.85. The highest BCUT2D eigenvalue weighted by Gasteiger charge is 2.38. The van der Waals surface area contributed by atoms with Crippen molar-refractivity contribution in [2.24, 2.45) is 0 Å². The quantitative estimate of drug-likeness (QED) is 0.584. The Morgan fingerprint density at radius 1 is 1.12 bits per heavy atom. The zero-order chi connectivity index (χ0) is 22.3. The topological polar surface area (TPSA) is 143 Å². The van der Waals surface area contributed by atoms with Gasteiger partial charge in [-0.3, -0.25) is 0 Å².